The molecular weight excluding hydrogens is 294 g/mol. The summed E-state index contributed by atoms with van der Waals surface area (Å²) in [5, 5.41) is 2.88. The number of carbonyl (C=O) groups is 2. The fraction of sp³-hybridized carbons (Fsp3) is 0.625. The highest BCUT2D eigenvalue weighted by Gasteiger charge is 2.20. The summed E-state index contributed by atoms with van der Waals surface area (Å²) in [4.78, 5) is 35.7. The van der Waals surface area contributed by atoms with Crippen LogP contribution in [0.25, 0.3) is 0 Å². The molecule has 1 aromatic rings. The van der Waals surface area contributed by atoms with E-state index in [9.17, 15) is 9.59 Å². The number of piperazine rings is 1. The topological polar surface area (TPSA) is 78.4 Å². The fourth-order valence-electron chi connectivity index (χ4n) is 2.46. The highest BCUT2D eigenvalue weighted by molar-refractivity contribution is 5.92. The molecule has 1 aliphatic heterocycles. The normalized spacial score (nSPS) is 15.0. The number of nitrogens with one attached hydrogen (secondary N) is 1. The lowest BCUT2D eigenvalue weighted by Gasteiger charge is -2.34. The lowest BCUT2D eigenvalue weighted by atomic mass is 10.1. The van der Waals surface area contributed by atoms with Gasteiger partial charge in [-0.3, -0.25) is 9.59 Å². The van der Waals surface area contributed by atoms with Gasteiger partial charge in [-0.15, -0.1) is 0 Å². The van der Waals surface area contributed by atoms with E-state index in [0.717, 1.165) is 12.2 Å². The molecule has 0 spiro atoms. The van der Waals surface area contributed by atoms with Crippen molar-refractivity contribution in [2.45, 2.75) is 27.2 Å². The van der Waals surface area contributed by atoms with Gasteiger partial charge in [-0.05, 0) is 12.3 Å². The third-order valence-electron chi connectivity index (χ3n) is 3.94. The number of aromatic nitrogens is 2. The van der Waals surface area contributed by atoms with Crippen molar-refractivity contribution in [3.63, 3.8) is 0 Å². The van der Waals surface area contributed by atoms with Gasteiger partial charge < -0.3 is 15.1 Å². The first-order valence-corrected chi connectivity index (χ1v) is 8.08. The van der Waals surface area contributed by atoms with Crippen molar-refractivity contribution in [2.75, 3.05) is 37.6 Å². The van der Waals surface area contributed by atoms with Gasteiger partial charge in [-0.2, -0.15) is 0 Å². The SMILES string of the molecule is CC(=O)N1CCN(c2cc(C(=O)NCCC(C)C)ncn2)CC1. The summed E-state index contributed by atoms with van der Waals surface area (Å²) in [5.41, 5.74) is 0.382. The van der Waals surface area contributed by atoms with Crippen LogP contribution in [0.2, 0.25) is 0 Å². The van der Waals surface area contributed by atoms with Crippen LogP contribution in [0.3, 0.4) is 0 Å². The molecule has 1 aliphatic rings. The van der Waals surface area contributed by atoms with Crippen LogP contribution in [0.15, 0.2) is 12.4 Å². The van der Waals surface area contributed by atoms with E-state index in [1.54, 1.807) is 13.0 Å². The summed E-state index contributed by atoms with van der Waals surface area (Å²) in [5.74, 6) is 1.21. The van der Waals surface area contributed by atoms with Gasteiger partial charge in [0.2, 0.25) is 5.91 Å². The van der Waals surface area contributed by atoms with E-state index >= 15 is 0 Å². The molecule has 2 rings (SSSR count). The largest absolute Gasteiger partial charge is 0.353 e. The molecular formula is C16H25N5O2. The second kappa shape index (κ2) is 7.89. The number of carbonyl (C=O) groups excluding carboxylic acids is 2. The zero-order valence-corrected chi connectivity index (χ0v) is 14.1. The van der Waals surface area contributed by atoms with Crippen LogP contribution in [0.4, 0.5) is 5.82 Å². The Morgan fingerprint density at radius 1 is 1.22 bits per heavy atom. The Labute approximate surface area is 137 Å². The highest BCUT2D eigenvalue weighted by atomic mass is 16.2. The second-order valence-corrected chi connectivity index (χ2v) is 6.19. The first-order valence-electron chi connectivity index (χ1n) is 8.08. The molecule has 0 bridgehead atoms. The van der Waals surface area contributed by atoms with Crippen molar-refractivity contribution in [2.24, 2.45) is 5.92 Å². The molecule has 0 unspecified atom stereocenters. The molecule has 0 aromatic carbocycles. The summed E-state index contributed by atoms with van der Waals surface area (Å²) in [6.07, 6.45) is 2.36. The van der Waals surface area contributed by atoms with Crippen molar-refractivity contribution in [3.05, 3.63) is 18.1 Å². The van der Waals surface area contributed by atoms with Crippen molar-refractivity contribution >= 4 is 17.6 Å². The number of nitrogens with zero attached hydrogens (tertiary/aromatic N) is 4. The maximum Gasteiger partial charge on any atom is 0.270 e. The van der Waals surface area contributed by atoms with Gasteiger partial charge >= 0.3 is 0 Å². The number of hydrogen-bond donors (Lipinski definition) is 1. The zero-order valence-electron chi connectivity index (χ0n) is 14.1. The molecule has 7 heteroatoms. The van der Waals surface area contributed by atoms with Crippen LogP contribution in [0.5, 0.6) is 0 Å². The molecule has 1 aromatic heterocycles. The average molecular weight is 319 g/mol. The predicted octanol–water partition coefficient (Wildman–Crippen LogP) is 0.921. The van der Waals surface area contributed by atoms with Gasteiger partial charge in [-0.25, -0.2) is 9.97 Å². The summed E-state index contributed by atoms with van der Waals surface area (Å²) in [7, 11) is 0. The van der Waals surface area contributed by atoms with E-state index in [1.165, 1.54) is 6.33 Å². The molecule has 2 heterocycles. The Morgan fingerprint density at radius 2 is 1.91 bits per heavy atom. The van der Waals surface area contributed by atoms with Crippen molar-refractivity contribution in [1.29, 1.82) is 0 Å². The van der Waals surface area contributed by atoms with Gasteiger partial charge in [0.05, 0.1) is 0 Å². The number of hydrogen-bond acceptors (Lipinski definition) is 5. The van der Waals surface area contributed by atoms with Crippen molar-refractivity contribution < 1.29 is 9.59 Å². The van der Waals surface area contributed by atoms with E-state index in [1.807, 2.05) is 4.90 Å². The van der Waals surface area contributed by atoms with E-state index in [4.69, 9.17) is 0 Å². The fourth-order valence-corrected chi connectivity index (χ4v) is 2.46. The molecule has 0 atom stereocenters. The van der Waals surface area contributed by atoms with Gasteiger partial charge in [0, 0.05) is 45.7 Å². The smallest absolute Gasteiger partial charge is 0.270 e. The van der Waals surface area contributed by atoms with Gasteiger partial charge in [0.15, 0.2) is 0 Å². The first kappa shape index (κ1) is 17.2. The molecule has 1 saturated heterocycles. The van der Waals surface area contributed by atoms with Crippen molar-refractivity contribution in [1.82, 2.24) is 20.2 Å². The summed E-state index contributed by atoms with van der Waals surface area (Å²) in [6, 6.07) is 1.72. The van der Waals surface area contributed by atoms with Crippen molar-refractivity contribution in [3.8, 4) is 0 Å². The quantitative estimate of drug-likeness (QED) is 0.873. The van der Waals surface area contributed by atoms with E-state index in [0.29, 0.717) is 44.3 Å². The predicted molar refractivity (Wildman–Crippen MR) is 88.3 cm³/mol. The molecule has 7 nitrogen and oxygen atoms in total. The molecule has 0 saturated carbocycles. The monoisotopic (exact) mass is 319 g/mol. The molecule has 126 valence electrons. The van der Waals surface area contributed by atoms with E-state index < -0.39 is 0 Å². The van der Waals surface area contributed by atoms with E-state index in [-0.39, 0.29) is 11.8 Å². The molecule has 0 aliphatic carbocycles. The standard InChI is InChI=1S/C16H25N5O2/c1-12(2)4-5-17-16(23)14-10-15(19-11-18-14)21-8-6-20(7-9-21)13(3)22/h10-12H,4-9H2,1-3H3,(H,17,23). The lowest BCUT2D eigenvalue weighted by molar-refractivity contribution is -0.129. The number of amides is 2. The maximum atomic E-state index is 12.1. The van der Waals surface area contributed by atoms with Crippen LogP contribution in [-0.2, 0) is 4.79 Å². The van der Waals surface area contributed by atoms with Gasteiger partial charge in [0.1, 0.15) is 17.8 Å². The summed E-state index contributed by atoms with van der Waals surface area (Å²) in [6.45, 7) is 9.25. The second-order valence-electron chi connectivity index (χ2n) is 6.19. The molecule has 1 N–H and O–H groups in total. The lowest BCUT2D eigenvalue weighted by Crippen LogP contribution is -2.48. The molecule has 0 radical (unpaired) electrons. The van der Waals surface area contributed by atoms with Crippen LogP contribution in [-0.4, -0.2) is 59.4 Å². The van der Waals surface area contributed by atoms with Crippen LogP contribution in [0, 0.1) is 5.92 Å². The van der Waals surface area contributed by atoms with E-state index in [2.05, 4.69) is 34.0 Å². The minimum absolute atomic E-state index is 0.0950. The van der Waals surface area contributed by atoms with Crippen LogP contribution < -0.4 is 10.2 Å². The Morgan fingerprint density at radius 3 is 2.52 bits per heavy atom. The number of anilines is 1. The number of rotatable bonds is 5. The third kappa shape index (κ3) is 4.91. The first-order chi connectivity index (χ1) is 11.0. The third-order valence-corrected chi connectivity index (χ3v) is 3.94. The zero-order chi connectivity index (χ0) is 16.8. The van der Waals surface area contributed by atoms with Gasteiger partial charge in [0.25, 0.3) is 5.91 Å². The molecule has 1 fully saturated rings. The average Bonchev–Trinajstić information content (AvgIpc) is 2.54. The molecule has 2 amide bonds. The van der Waals surface area contributed by atoms with Gasteiger partial charge in [-0.1, -0.05) is 13.8 Å². The summed E-state index contributed by atoms with van der Waals surface area (Å²) < 4.78 is 0. The maximum absolute atomic E-state index is 12.1. The Kier molecular flexibility index (Phi) is 5.90. The minimum atomic E-state index is -0.170. The van der Waals surface area contributed by atoms with Crippen LogP contribution >= 0.6 is 0 Å². The molecule has 23 heavy (non-hydrogen) atoms. The summed E-state index contributed by atoms with van der Waals surface area (Å²) >= 11 is 0. The van der Waals surface area contributed by atoms with Crippen LogP contribution in [0.1, 0.15) is 37.7 Å². The Bertz CT molecular complexity index is 553. The Hall–Kier alpha value is -2.18. The highest BCUT2D eigenvalue weighted by Crippen LogP contribution is 2.14. The Balaban J connectivity index is 1.94. The minimum Gasteiger partial charge on any atom is -0.353 e.